The van der Waals surface area contributed by atoms with Crippen molar-refractivity contribution < 1.29 is 14.6 Å². The van der Waals surface area contributed by atoms with E-state index >= 15 is 0 Å². The SMILES string of the molecule is CCC(C)(C)OC(=O)N1CCCC1CO. The lowest BCUT2D eigenvalue weighted by Crippen LogP contribution is -2.41. The fraction of sp³-hybridized carbons (Fsp3) is 0.909. The van der Waals surface area contributed by atoms with Crippen LogP contribution in [0, 0.1) is 0 Å². The number of ether oxygens (including phenoxy) is 1. The molecule has 1 amide bonds. The van der Waals surface area contributed by atoms with E-state index in [1.54, 1.807) is 4.90 Å². The standard InChI is InChI=1S/C11H21NO3/c1-4-11(2,3)15-10(14)12-7-5-6-9(12)8-13/h9,13H,4-8H2,1-3H3. The second-order valence-corrected chi connectivity index (χ2v) is 4.65. The molecule has 88 valence electrons. The molecular weight excluding hydrogens is 194 g/mol. The summed E-state index contributed by atoms with van der Waals surface area (Å²) >= 11 is 0. The molecule has 15 heavy (non-hydrogen) atoms. The molecule has 1 atom stereocenters. The number of hydrogen-bond donors (Lipinski definition) is 1. The summed E-state index contributed by atoms with van der Waals surface area (Å²) in [6.45, 7) is 6.51. The van der Waals surface area contributed by atoms with E-state index in [1.807, 2.05) is 20.8 Å². The molecule has 0 spiro atoms. The lowest BCUT2D eigenvalue weighted by molar-refractivity contribution is 0.00514. The number of rotatable bonds is 3. The quantitative estimate of drug-likeness (QED) is 0.780. The Bertz CT molecular complexity index is 228. The van der Waals surface area contributed by atoms with Crippen molar-refractivity contribution in [1.82, 2.24) is 4.90 Å². The molecule has 0 aromatic heterocycles. The van der Waals surface area contributed by atoms with Crippen LogP contribution in [0.15, 0.2) is 0 Å². The zero-order valence-electron chi connectivity index (χ0n) is 9.82. The van der Waals surface area contributed by atoms with Crippen molar-refractivity contribution in [3.63, 3.8) is 0 Å². The van der Waals surface area contributed by atoms with Gasteiger partial charge in [0.05, 0.1) is 12.6 Å². The van der Waals surface area contributed by atoms with Crippen LogP contribution >= 0.6 is 0 Å². The van der Waals surface area contributed by atoms with Gasteiger partial charge in [0.1, 0.15) is 5.60 Å². The highest BCUT2D eigenvalue weighted by Crippen LogP contribution is 2.21. The maximum absolute atomic E-state index is 11.8. The first-order valence-corrected chi connectivity index (χ1v) is 5.60. The van der Waals surface area contributed by atoms with E-state index in [0.29, 0.717) is 6.54 Å². The molecule has 0 radical (unpaired) electrons. The number of hydrogen-bond acceptors (Lipinski definition) is 3. The van der Waals surface area contributed by atoms with E-state index < -0.39 is 5.60 Å². The first-order valence-electron chi connectivity index (χ1n) is 5.60. The van der Waals surface area contributed by atoms with Crippen LogP contribution in [-0.4, -0.2) is 40.9 Å². The maximum atomic E-state index is 11.8. The minimum Gasteiger partial charge on any atom is -0.443 e. The summed E-state index contributed by atoms with van der Waals surface area (Å²) in [5.74, 6) is 0. The van der Waals surface area contributed by atoms with Gasteiger partial charge in [0, 0.05) is 6.54 Å². The molecule has 1 unspecified atom stereocenters. The lowest BCUT2D eigenvalue weighted by Gasteiger charge is -2.29. The highest BCUT2D eigenvalue weighted by Gasteiger charge is 2.32. The Balaban J connectivity index is 2.53. The second kappa shape index (κ2) is 4.84. The molecule has 1 fully saturated rings. The topological polar surface area (TPSA) is 49.8 Å². The molecule has 0 aliphatic carbocycles. The first-order chi connectivity index (χ1) is 7.00. The molecule has 1 heterocycles. The van der Waals surface area contributed by atoms with Crippen molar-refractivity contribution in [1.29, 1.82) is 0 Å². The van der Waals surface area contributed by atoms with Crippen LogP contribution in [0.25, 0.3) is 0 Å². The molecule has 0 saturated carbocycles. The Morgan fingerprint density at radius 2 is 2.27 bits per heavy atom. The van der Waals surface area contributed by atoms with Crippen molar-refractivity contribution in [2.24, 2.45) is 0 Å². The fourth-order valence-corrected chi connectivity index (χ4v) is 1.63. The van der Waals surface area contributed by atoms with Crippen molar-refractivity contribution in [2.75, 3.05) is 13.2 Å². The molecule has 0 bridgehead atoms. The molecule has 1 rings (SSSR count). The van der Waals surface area contributed by atoms with Crippen LogP contribution < -0.4 is 0 Å². The third kappa shape index (κ3) is 3.09. The Morgan fingerprint density at radius 1 is 1.60 bits per heavy atom. The van der Waals surface area contributed by atoms with E-state index in [1.165, 1.54) is 0 Å². The van der Waals surface area contributed by atoms with Gasteiger partial charge < -0.3 is 14.7 Å². The van der Waals surface area contributed by atoms with Gasteiger partial charge in [0.2, 0.25) is 0 Å². The van der Waals surface area contributed by atoms with Gasteiger partial charge in [-0.3, -0.25) is 0 Å². The molecule has 4 nitrogen and oxygen atoms in total. The van der Waals surface area contributed by atoms with E-state index in [9.17, 15) is 4.79 Å². The molecule has 1 aliphatic rings. The monoisotopic (exact) mass is 215 g/mol. The highest BCUT2D eigenvalue weighted by molar-refractivity contribution is 5.69. The number of carbonyl (C=O) groups is 1. The average Bonchev–Trinajstić information content (AvgIpc) is 2.64. The Hall–Kier alpha value is -0.770. The van der Waals surface area contributed by atoms with Crippen molar-refractivity contribution in [3.05, 3.63) is 0 Å². The van der Waals surface area contributed by atoms with Gasteiger partial charge >= 0.3 is 6.09 Å². The zero-order chi connectivity index (χ0) is 11.5. The number of amides is 1. The predicted octanol–water partition coefficient (Wildman–Crippen LogP) is 1.77. The maximum Gasteiger partial charge on any atom is 0.410 e. The molecule has 4 heteroatoms. The third-order valence-electron chi connectivity index (χ3n) is 3.04. The number of likely N-dealkylation sites (tertiary alicyclic amines) is 1. The number of aliphatic hydroxyl groups is 1. The van der Waals surface area contributed by atoms with Crippen LogP contribution in [0.5, 0.6) is 0 Å². The van der Waals surface area contributed by atoms with Crippen molar-refractivity contribution in [2.45, 2.75) is 51.7 Å². The third-order valence-corrected chi connectivity index (χ3v) is 3.04. The molecule has 0 aromatic carbocycles. The lowest BCUT2D eigenvalue weighted by atomic mass is 10.1. The van der Waals surface area contributed by atoms with Crippen LogP contribution in [0.2, 0.25) is 0 Å². The summed E-state index contributed by atoms with van der Waals surface area (Å²) in [5, 5.41) is 9.09. The highest BCUT2D eigenvalue weighted by atomic mass is 16.6. The minimum absolute atomic E-state index is 0.0294. The number of aliphatic hydroxyl groups excluding tert-OH is 1. The van der Waals surface area contributed by atoms with Crippen molar-refractivity contribution in [3.8, 4) is 0 Å². The van der Waals surface area contributed by atoms with E-state index in [0.717, 1.165) is 19.3 Å². The van der Waals surface area contributed by atoms with Crippen LogP contribution in [0.1, 0.15) is 40.0 Å². The predicted molar refractivity (Wildman–Crippen MR) is 57.7 cm³/mol. The number of nitrogens with zero attached hydrogens (tertiary/aromatic N) is 1. The van der Waals surface area contributed by atoms with Gasteiger partial charge in [0.25, 0.3) is 0 Å². The average molecular weight is 215 g/mol. The van der Waals surface area contributed by atoms with Gasteiger partial charge in [-0.05, 0) is 33.1 Å². The summed E-state index contributed by atoms with van der Waals surface area (Å²) < 4.78 is 5.38. The van der Waals surface area contributed by atoms with Gasteiger partial charge in [-0.1, -0.05) is 6.92 Å². The summed E-state index contributed by atoms with van der Waals surface area (Å²) in [7, 11) is 0. The normalized spacial score (nSPS) is 21.9. The van der Waals surface area contributed by atoms with Gasteiger partial charge in [-0.15, -0.1) is 0 Å². The molecule has 1 saturated heterocycles. The fourth-order valence-electron chi connectivity index (χ4n) is 1.63. The van der Waals surface area contributed by atoms with Gasteiger partial charge in [-0.2, -0.15) is 0 Å². The first kappa shape index (κ1) is 12.3. The van der Waals surface area contributed by atoms with Crippen LogP contribution in [0.3, 0.4) is 0 Å². The largest absolute Gasteiger partial charge is 0.443 e. The summed E-state index contributed by atoms with van der Waals surface area (Å²) in [6, 6.07) is -0.0508. The van der Waals surface area contributed by atoms with Crippen LogP contribution in [-0.2, 0) is 4.74 Å². The van der Waals surface area contributed by atoms with Crippen molar-refractivity contribution >= 4 is 6.09 Å². The molecule has 1 aliphatic heterocycles. The molecular formula is C11H21NO3. The minimum atomic E-state index is -0.417. The second-order valence-electron chi connectivity index (χ2n) is 4.65. The number of carbonyl (C=O) groups excluding carboxylic acids is 1. The van der Waals surface area contributed by atoms with E-state index in [-0.39, 0.29) is 18.7 Å². The van der Waals surface area contributed by atoms with E-state index in [2.05, 4.69) is 0 Å². The zero-order valence-corrected chi connectivity index (χ0v) is 9.82. The summed E-state index contributed by atoms with van der Waals surface area (Å²) in [4.78, 5) is 13.4. The van der Waals surface area contributed by atoms with Crippen LogP contribution in [0.4, 0.5) is 4.79 Å². The van der Waals surface area contributed by atoms with E-state index in [4.69, 9.17) is 9.84 Å². The molecule has 0 aromatic rings. The summed E-state index contributed by atoms with van der Waals surface area (Å²) in [5.41, 5.74) is -0.417. The summed E-state index contributed by atoms with van der Waals surface area (Å²) in [6.07, 6.45) is 2.32. The van der Waals surface area contributed by atoms with Gasteiger partial charge in [-0.25, -0.2) is 4.79 Å². The van der Waals surface area contributed by atoms with Gasteiger partial charge in [0.15, 0.2) is 0 Å². The molecule has 1 N–H and O–H groups in total. The Labute approximate surface area is 91.2 Å². The Kier molecular flexibility index (Phi) is 3.97. The Morgan fingerprint density at radius 3 is 2.80 bits per heavy atom. The smallest absolute Gasteiger partial charge is 0.410 e.